The molecule has 3 N–H and O–H groups in total. The molecular formula is C17H15NO4. The number of hydrogen-bond acceptors (Lipinski definition) is 4. The Balaban J connectivity index is 1.61. The Morgan fingerprint density at radius 1 is 1.05 bits per heavy atom. The van der Waals surface area contributed by atoms with Crippen molar-refractivity contribution in [2.45, 2.75) is 6.42 Å². The Hall–Kier alpha value is -2.95. The molecule has 5 heteroatoms. The Morgan fingerprint density at radius 2 is 1.77 bits per heavy atom. The lowest BCUT2D eigenvalue weighted by Gasteiger charge is -2.05. The van der Waals surface area contributed by atoms with Gasteiger partial charge in [-0.1, -0.05) is 18.2 Å². The number of carbonyl (C=O) groups is 1. The van der Waals surface area contributed by atoms with Crippen molar-refractivity contribution in [2.24, 2.45) is 0 Å². The second-order valence-corrected chi connectivity index (χ2v) is 4.99. The number of amides is 1. The SMILES string of the molecule is O=C(NCCc1cc2ccccc2o1)c1cc(O)cc(O)c1. The van der Waals surface area contributed by atoms with Crippen LogP contribution in [-0.2, 0) is 6.42 Å². The molecule has 0 saturated heterocycles. The van der Waals surface area contributed by atoms with E-state index in [1.54, 1.807) is 0 Å². The van der Waals surface area contributed by atoms with Gasteiger partial charge in [0.15, 0.2) is 0 Å². The smallest absolute Gasteiger partial charge is 0.251 e. The van der Waals surface area contributed by atoms with Gasteiger partial charge in [0.1, 0.15) is 22.8 Å². The first kappa shape index (κ1) is 14.0. The Kier molecular flexibility index (Phi) is 3.70. The first-order chi connectivity index (χ1) is 10.6. The standard InChI is InChI=1S/C17H15NO4/c19-13-7-12(8-14(20)10-13)17(21)18-6-5-15-9-11-3-1-2-4-16(11)22-15/h1-4,7-10,19-20H,5-6H2,(H,18,21). The number of rotatable bonds is 4. The highest BCUT2D eigenvalue weighted by molar-refractivity contribution is 5.95. The van der Waals surface area contributed by atoms with E-state index in [1.807, 2.05) is 30.3 Å². The van der Waals surface area contributed by atoms with Crippen LogP contribution in [0.25, 0.3) is 11.0 Å². The Bertz CT molecular complexity index is 769. The molecule has 0 aliphatic rings. The summed E-state index contributed by atoms with van der Waals surface area (Å²) in [6.45, 7) is 0.398. The van der Waals surface area contributed by atoms with Crippen molar-refractivity contribution < 1.29 is 19.4 Å². The zero-order chi connectivity index (χ0) is 15.5. The van der Waals surface area contributed by atoms with Crippen molar-refractivity contribution in [1.82, 2.24) is 5.32 Å². The predicted molar refractivity (Wildman–Crippen MR) is 82.0 cm³/mol. The largest absolute Gasteiger partial charge is 0.508 e. The molecule has 0 radical (unpaired) electrons. The van der Waals surface area contributed by atoms with E-state index in [4.69, 9.17) is 4.42 Å². The van der Waals surface area contributed by atoms with Crippen molar-refractivity contribution in [3.8, 4) is 11.5 Å². The average Bonchev–Trinajstić information content (AvgIpc) is 2.88. The minimum absolute atomic E-state index is 0.151. The molecule has 3 rings (SSSR count). The van der Waals surface area contributed by atoms with Crippen LogP contribution < -0.4 is 5.32 Å². The summed E-state index contributed by atoms with van der Waals surface area (Å²) in [6.07, 6.45) is 0.561. The molecule has 1 heterocycles. The number of phenolic OH excluding ortho intramolecular Hbond substituents is 2. The molecule has 1 aromatic heterocycles. The molecule has 1 amide bonds. The highest BCUT2D eigenvalue weighted by Gasteiger charge is 2.09. The first-order valence-electron chi connectivity index (χ1n) is 6.90. The molecule has 5 nitrogen and oxygen atoms in total. The lowest BCUT2D eigenvalue weighted by atomic mass is 10.2. The summed E-state index contributed by atoms with van der Waals surface area (Å²) in [5.41, 5.74) is 1.03. The number of carbonyl (C=O) groups excluding carboxylic acids is 1. The van der Waals surface area contributed by atoms with Gasteiger partial charge in [-0.25, -0.2) is 0 Å². The number of fused-ring (bicyclic) bond motifs is 1. The highest BCUT2D eigenvalue weighted by atomic mass is 16.3. The minimum Gasteiger partial charge on any atom is -0.508 e. The van der Waals surface area contributed by atoms with Crippen molar-refractivity contribution in [3.63, 3.8) is 0 Å². The number of furan rings is 1. The van der Waals surface area contributed by atoms with Crippen molar-refractivity contribution in [1.29, 1.82) is 0 Å². The summed E-state index contributed by atoms with van der Waals surface area (Å²) in [6, 6.07) is 13.4. The van der Waals surface area contributed by atoms with E-state index in [1.165, 1.54) is 18.2 Å². The van der Waals surface area contributed by atoms with Gasteiger partial charge in [0.25, 0.3) is 5.91 Å². The normalized spacial score (nSPS) is 10.7. The van der Waals surface area contributed by atoms with Gasteiger partial charge in [-0.05, 0) is 24.3 Å². The van der Waals surface area contributed by atoms with Crippen LogP contribution in [0.1, 0.15) is 16.1 Å². The summed E-state index contributed by atoms with van der Waals surface area (Å²) in [7, 11) is 0. The average molecular weight is 297 g/mol. The van der Waals surface area contributed by atoms with Gasteiger partial charge >= 0.3 is 0 Å². The minimum atomic E-state index is -0.359. The molecule has 0 atom stereocenters. The number of para-hydroxylation sites is 1. The maximum Gasteiger partial charge on any atom is 0.251 e. The third-order valence-electron chi connectivity index (χ3n) is 3.30. The lowest BCUT2D eigenvalue weighted by Crippen LogP contribution is -2.25. The monoisotopic (exact) mass is 297 g/mol. The topological polar surface area (TPSA) is 82.7 Å². The summed E-state index contributed by atoms with van der Waals surface area (Å²) in [5, 5.41) is 22.5. The zero-order valence-corrected chi connectivity index (χ0v) is 11.7. The van der Waals surface area contributed by atoms with Crippen LogP contribution in [0.4, 0.5) is 0 Å². The van der Waals surface area contributed by atoms with E-state index in [0.29, 0.717) is 13.0 Å². The predicted octanol–water partition coefficient (Wildman–Crippen LogP) is 2.82. The number of aromatic hydroxyl groups is 2. The molecule has 0 aliphatic carbocycles. The van der Waals surface area contributed by atoms with Crippen LogP contribution in [0.5, 0.6) is 11.5 Å². The van der Waals surface area contributed by atoms with Gasteiger partial charge in [0, 0.05) is 30.0 Å². The molecule has 22 heavy (non-hydrogen) atoms. The fraction of sp³-hybridized carbons (Fsp3) is 0.118. The van der Waals surface area contributed by atoms with Crippen LogP contribution in [0.2, 0.25) is 0 Å². The van der Waals surface area contributed by atoms with E-state index in [9.17, 15) is 15.0 Å². The van der Waals surface area contributed by atoms with Gasteiger partial charge in [-0.15, -0.1) is 0 Å². The number of benzene rings is 2. The van der Waals surface area contributed by atoms with E-state index in [2.05, 4.69) is 5.32 Å². The number of nitrogens with one attached hydrogen (secondary N) is 1. The fourth-order valence-corrected chi connectivity index (χ4v) is 2.29. The first-order valence-corrected chi connectivity index (χ1v) is 6.90. The summed E-state index contributed by atoms with van der Waals surface area (Å²) in [4.78, 5) is 11.9. The van der Waals surface area contributed by atoms with Gasteiger partial charge in [0.2, 0.25) is 0 Å². The quantitative estimate of drug-likeness (QED) is 0.691. The summed E-state index contributed by atoms with van der Waals surface area (Å²) >= 11 is 0. The van der Waals surface area contributed by atoms with Gasteiger partial charge in [-0.3, -0.25) is 4.79 Å². The van der Waals surface area contributed by atoms with Crippen molar-refractivity contribution in [3.05, 3.63) is 59.9 Å². The highest BCUT2D eigenvalue weighted by Crippen LogP contribution is 2.21. The maximum atomic E-state index is 11.9. The van der Waals surface area contributed by atoms with Crippen LogP contribution in [-0.4, -0.2) is 22.7 Å². The lowest BCUT2D eigenvalue weighted by molar-refractivity contribution is 0.0953. The van der Waals surface area contributed by atoms with E-state index in [-0.39, 0.29) is 23.0 Å². The Labute approximate surface area is 126 Å². The van der Waals surface area contributed by atoms with Crippen LogP contribution in [0.3, 0.4) is 0 Å². The van der Waals surface area contributed by atoms with Gasteiger partial charge in [0.05, 0.1) is 0 Å². The second-order valence-electron chi connectivity index (χ2n) is 4.99. The van der Waals surface area contributed by atoms with E-state index in [0.717, 1.165) is 16.7 Å². The molecule has 0 bridgehead atoms. The molecular weight excluding hydrogens is 282 g/mol. The molecule has 2 aromatic carbocycles. The van der Waals surface area contributed by atoms with E-state index >= 15 is 0 Å². The molecule has 112 valence electrons. The molecule has 0 unspecified atom stereocenters. The Morgan fingerprint density at radius 3 is 2.50 bits per heavy atom. The third kappa shape index (κ3) is 3.03. The fourth-order valence-electron chi connectivity index (χ4n) is 2.29. The van der Waals surface area contributed by atoms with Crippen molar-refractivity contribution in [2.75, 3.05) is 6.54 Å². The third-order valence-corrected chi connectivity index (χ3v) is 3.30. The molecule has 0 spiro atoms. The molecule has 0 saturated carbocycles. The molecule has 3 aromatic rings. The number of phenols is 2. The molecule has 0 aliphatic heterocycles. The summed E-state index contributed by atoms with van der Waals surface area (Å²) < 4.78 is 5.66. The van der Waals surface area contributed by atoms with Crippen LogP contribution >= 0.6 is 0 Å². The van der Waals surface area contributed by atoms with Crippen LogP contribution in [0.15, 0.2) is 52.9 Å². The maximum absolute atomic E-state index is 11.9. The number of hydrogen-bond donors (Lipinski definition) is 3. The van der Waals surface area contributed by atoms with Gasteiger partial charge < -0.3 is 19.9 Å². The van der Waals surface area contributed by atoms with Gasteiger partial charge in [-0.2, -0.15) is 0 Å². The molecule has 0 fully saturated rings. The summed E-state index contributed by atoms with van der Waals surface area (Å²) in [5.74, 6) is 0.132. The zero-order valence-electron chi connectivity index (χ0n) is 11.7. The van der Waals surface area contributed by atoms with Crippen molar-refractivity contribution >= 4 is 16.9 Å². The van der Waals surface area contributed by atoms with E-state index < -0.39 is 0 Å². The second kappa shape index (κ2) is 5.81. The van der Waals surface area contributed by atoms with Crippen LogP contribution in [0, 0.1) is 0 Å².